The van der Waals surface area contributed by atoms with Gasteiger partial charge in [-0.05, 0) is 43.0 Å². The fourth-order valence-electron chi connectivity index (χ4n) is 5.00. The van der Waals surface area contributed by atoms with Crippen LogP contribution in [-0.4, -0.2) is 85.3 Å². The molecule has 0 bridgehead atoms. The normalized spacial score (nSPS) is 26.3. The smallest absolute Gasteiger partial charge is 0.331 e. The molecule has 0 aromatic heterocycles. The second kappa shape index (κ2) is 16.7. The van der Waals surface area contributed by atoms with Crippen LogP contribution in [0.15, 0.2) is 30.3 Å². The van der Waals surface area contributed by atoms with E-state index < -0.39 is 85.3 Å². The number of esters is 6. The summed E-state index contributed by atoms with van der Waals surface area (Å²) in [7, 11) is 0. The van der Waals surface area contributed by atoms with E-state index in [1.165, 1.54) is 26.8 Å². The fourth-order valence-corrected chi connectivity index (χ4v) is 5.00. The third-order valence-corrected chi connectivity index (χ3v) is 6.72. The number of hydrogen-bond acceptors (Lipinski definition) is 14. The van der Waals surface area contributed by atoms with Crippen molar-refractivity contribution >= 4 is 41.9 Å². The van der Waals surface area contributed by atoms with E-state index in [1.54, 1.807) is 24.3 Å². The van der Waals surface area contributed by atoms with Crippen molar-refractivity contribution in [3.8, 4) is 5.75 Å². The van der Waals surface area contributed by atoms with Crippen LogP contribution >= 0.6 is 0 Å². The van der Waals surface area contributed by atoms with Crippen molar-refractivity contribution in [2.24, 2.45) is 0 Å². The van der Waals surface area contributed by atoms with Gasteiger partial charge in [0.1, 0.15) is 24.6 Å². The Balaban J connectivity index is 1.94. The highest BCUT2D eigenvalue weighted by Crippen LogP contribution is 2.33. The number of ether oxygens (including phenoxy) is 8. The van der Waals surface area contributed by atoms with Gasteiger partial charge in [-0.15, -0.1) is 0 Å². The highest BCUT2D eigenvalue weighted by molar-refractivity contribution is 5.87. The molecule has 0 spiro atoms. The number of carbonyl (C=O) groups is 6. The molecule has 246 valence electrons. The van der Waals surface area contributed by atoms with E-state index in [0.29, 0.717) is 24.2 Å². The van der Waals surface area contributed by atoms with Crippen LogP contribution < -0.4 is 4.74 Å². The van der Waals surface area contributed by atoms with E-state index in [9.17, 15) is 28.8 Å². The van der Waals surface area contributed by atoms with Crippen LogP contribution in [-0.2, 0) is 61.9 Å². The van der Waals surface area contributed by atoms with Gasteiger partial charge in [-0.1, -0.05) is 18.6 Å². The minimum Gasteiger partial charge on any atom is -0.463 e. The lowest BCUT2D eigenvalue weighted by molar-refractivity contribution is -0.323. The molecular formula is C31H38O14. The van der Waals surface area contributed by atoms with Gasteiger partial charge in [-0.2, -0.15) is 0 Å². The average molecular weight is 635 g/mol. The van der Waals surface area contributed by atoms with Gasteiger partial charge in [-0.25, -0.2) is 4.79 Å². The van der Waals surface area contributed by atoms with E-state index in [1.807, 2.05) is 0 Å². The van der Waals surface area contributed by atoms with Crippen molar-refractivity contribution in [2.45, 2.75) is 103 Å². The summed E-state index contributed by atoms with van der Waals surface area (Å²) >= 11 is 0. The summed E-state index contributed by atoms with van der Waals surface area (Å²) in [5.74, 6) is -3.76. The summed E-state index contributed by atoms with van der Waals surface area (Å²) < 4.78 is 44.6. The summed E-state index contributed by atoms with van der Waals surface area (Å²) in [6, 6.07) is 6.29. The maximum atomic E-state index is 13.1. The van der Waals surface area contributed by atoms with Gasteiger partial charge in [0.05, 0.1) is 6.10 Å². The van der Waals surface area contributed by atoms with Crippen LogP contribution in [0.4, 0.5) is 0 Å². The lowest BCUT2D eigenvalue weighted by Gasteiger charge is -2.45. The molecule has 14 heteroatoms. The highest BCUT2D eigenvalue weighted by Gasteiger charge is 2.54. The minimum atomic E-state index is -1.48. The van der Waals surface area contributed by atoms with E-state index in [-0.39, 0.29) is 0 Å². The monoisotopic (exact) mass is 634 g/mol. The molecule has 1 saturated carbocycles. The average Bonchev–Trinajstić information content (AvgIpc) is 2.94. The third kappa shape index (κ3) is 11.3. The molecule has 1 heterocycles. The summed E-state index contributed by atoms with van der Waals surface area (Å²) in [6.07, 6.45) is -3.15. The van der Waals surface area contributed by atoms with Gasteiger partial charge < -0.3 is 37.9 Å². The molecule has 0 N–H and O–H groups in total. The van der Waals surface area contributed by atoms with Crippen molar-refractivity contribution in [1.82, 2.24) is 0 Å². The Labute approximate surface area is 260 Å². The number of carbonyl (C=O) groups excluding carboxylic acids is 6. The molecule has 45 heavy (non-hydrogen) atoms. The SMILES string of the molecule is CC(=O)OCC1OC(OC2CCCCC2OC(C)=O)C(OC(=O)/C=C/c2ccc(OC(C)=O)cc2)C(OC(C)=O)C1OC(C)=O. The summed E-state index contributed by atoms with van der Waals surface area (Å²) in [4.78, 5) is 72.0. The fraction of sp³-hybridized carbons (Fsp3) is 0.548. The summed E-state index contributed by atoms with van der Waals surface area (Å²) in [5, 5.41) is 0. The van der Waals surface area contributed by atoms with Crippen LogP contribution in [0, 0.1) is 0 Å². The number of benzene rings is 1. The Bertz CT molecular complexity index is 1260. The molecule has 1 aromatic carbocycles. The molecular weight excluding hydrogens is 596 g/mol. The zero-order valence-electron chi connectivity index (χ0n) is 25.8. The lowest BCUT2D eigenvalue weighted by atomic mass is 9.93. The first-order valence-electron chi connectivity index (χ1n) is 14.5. The van der Waals surface area contributed by atoms with Gasteiger partial charge in [0.25, 0.3) is 0 Å². The van der Waals surface area contributed by atoms with Gasteiger partial charge in [-0.3, -0.25) is 24.0 Å². The van der Waals surface area contributed by atoms with E-state index in [4.69, 9.17) is 37.9 Å². The van der Waals surface area contributed by atoms with E-state index in [2.05, 4.69) is 0 Å². The minimum absolute atomic E-state index is 0.320. The van der Waals surface area contributed by atoms with Crippen LogP contribution in [0.5, 0.6) is 5.75 Å². The second-order valence-electron chi connectivity index (χ2n) is 10.5. The first-order chi connectivity index (χ1) is 21.3. The molecule has 0 amide bonds. The summed E-state index contributed by atoms with van der Waals surface area (Å²) in [5.41, 5.74) is 0.567. The van der Waals surface area contributed by atoms with Gasteiger partial charge in [0, 0.05) is 40.7 Å². The quantitative estimate of drug-likeness (QED) is 0.150. The largest absolute Gasteiger partial charge is 0.463 e. The van der Waals surface area contributed by atoms with Crippen LogP contribution in [0.2, 0.25) is 0 Å². The standard InChI is InChI=1S/C31H38O14/c1-17(32)38-16-26-28(41-20(4)35)29(42-21(5)36)30(31(44-26)43-25-9-7-6-8-24(25)40-19(3)34)45-27(37)15-12-22-10-13-23(14-11-22)39-18(2)33/h10-15,24-26,28-31H,6-9,16H2,1-5H3/b15-12+. The first kappa shape index (κ1) is 35.2. The zero-order valence-corrected chi connectivity index (χ0v) is 25.8. The molecule has 7 unspecified atom stereocenters. The molecule has 3 rings (SSSR count). The zero-order chi connectivity index (χ0) is 33.1. The van der Waals surface area contributed by atoms with Crippen molar-refractivity contribution < 1.29 is 66.7 Å². The Morgan fingerprint density at radius 1 is 0.711 bits per heavy atom. The molecule has 1 aliphatic carbocycles. The Morgan fingerprint density at radius 3 is 1.89 bits per heavy atom. The summed E-state index contributed by atoms with van der Waals surface area (Å²) in [6.45, 7) is 5.56. The Morgan fingerprint density at radius 2 is 1.31 bits per heavy atom. The molecule has 14 nitrogen and oxygen atoms in total. The predicted octanol–water partition coefficient (Wildman–Crippen LogP) is 2.58. The molecule has 1 aromatic rings. The third-order valence-electron chi connectivity index (χ3n) is 6.72. The molecule has 1 aliphatic heterocycles. The molecule has 7 atom stereocenters. The first-order valence-corrected chi connectivity index (χ1v) is 14.5. The van der Waals surface area contributed by atoms with Crippen LogP contribution in [0.3, 0.4) is 0 Å². The molecule has 1 saturated heterocycles. The van der Waals surface area contributed by atoms with E-state index >= 15 is 0 Å². The Kier molecular flexibility index (Phi) is 13.0. The molecule has 0 radical (unpaired) electrons. The molecule has 2 aliphatic rings. The lowest BCUT2D eigenvalue weighted by Crippen LogP contribution is -2.63. The topological polar surface area (TPSA) is 176 Å². The number of rotatable bonds is 11. The maximum absolute atomic E-state index is 13.1. The Hall–Kier alpha value is -4.30. The van der Waals surface area contributed by atoms with E-state index in [0.717, 1.165) is 32.8 Å². The molecule has 2 fully saturated rings. The van der Waals surface area contributed by atoms with Crippen molar-refractivity contribution in [2.75, 3.05) is 6.61 Å². The number of hydrogen-bond donors (Lipinski definition) is 0. The highest BCUT2D eigenvalue weighted by atomic mass is 16.7. The van der Waals surface area contributed by atoms with Gasteiger partial charge >= 0.3 is 35.8 Å². The maximum Gasteiger partial charge on any atom is 0.331 e. The van der Waals surface area contributed by atoms with Gasteiger partial charge in [0.2, 0.25) is 0 Å². The van der Waals surface area contributed by atoms with Crippen LogP contribution in [0.1, 0.15) is 65.9 Å². The van der Waals surface area contributed by atoms with Gasteiger partial charge in [0.15, 0.2) is 24.6 Å². The van der Waals surface area contributed by atoms with Crippen molar-refractivity contribution in [3.05, 3.63) is 35.9 Å². The van der Waals surface area contributed by atoms with Crippen molar-refractivity contribution in [3.63, 3.8) is 0 Å². The van der Waals surface area contributed by atoms with Crippen LogP contribution in [0.25, 0.3) is 6.08 Å². The predicted molar refractivity (Wildman–Crippen MR) is 152 cm³/mol. The van der Waals surface area contributed by atoms with Crippen molar-refractivity contribution in [1.29, 1.82) is 0 Å². The second-order valence-corrected chi connectivity index (χ2v) is 10.5.